The number of halogens is 2. The molecule has 0 aliphatic rings. The van der Waals surface area contributed by atoms with Gasteiger partial charge in [0.05, 0.1) is 0 Å². The third-order valence-electron chi connectivity index (χ3n) is 3.21. The monoisotopic (exact) mass is 301 g/mol. The summed E-state index contributed by atoms with van der Waals surface area (Å²) in [4.78, 5) is 15.0. The van der Waals surface area contributed by atoms with Gasteiger partial charge in [0.15, 0.2) is 0 Å². The van der Waals surface area contributed by atoms with E-state index in [0.29, 0.717) is 11.4 Å². The number of carbonyl (C=O) groups is 1. The van der Waals surface area contributed by atoms with Gasteiger partial charge in [0.25, 0.3) is 6.43 Å². The molecule has 1 aromatic heterocycles. The van der Waals surface area contributed by atoms with Crippen LogP contribution in [-0.2, 0) is 0 Å². The highest BCUT2D eigenvalue weighted by molar-refractivity contribution is 6.01. The average molecular weight is 301 g/mol. The molecule has 6 heteroatoms. The quantitative estimate of drug-likeness (QED) is 0.642. The molecule has 0 atom stereocenters. The Bertz CT molecular complexity index is 814. The van der Waals surface area contributed by atoms with Crippen molar-refractivity contribution in [1.82, 2.24) is 4.98 Å². The zero-order valence-corrected chi connectivity index (χ0v) is 11.4. The van der Waals surface area contributed by atoms with Gasteiger partial charge in [-0.05, 0) is 36.4 Å². The van der Waals surface area contributed by atoms with E-state index in [0.717, 1.165) is 10.9 Å². The standard InChI is InChI=1S/C16H13F2N3O/c17-15(18)11-2-1-3-12(9-11)20-16(22)21-13-4-5-14-10(8-13)6-7-19-14/h1-9,15,19H,(H2,20,21,22). The summed E-state index contributed by atoms with van der Waals surface area (Å²) >= 11 is 0. The van der Waals surface area contributed by atoms with Gasteiger partial charge in [-0.1, -0.05) is 12.1 Å². The van der Waals surface area contributed by atoms with Crippen LogP contribution in [0, 0.1) is 0 Å². The molecule has 0 fully saturated rings. The summed E-state index contributed by atoms with van der Waals surface area (Å²) in [7, 11) is 0. The maximum absolute atomic E-state index is 12.6. The summed E-state index contributed by atoms with van der Waals surface area (Å²) in [5.74, 6) is 0. The largest absolute Gasteiger partial charge is 0.361 e. The number of aromatic amines is 1. The summed E-state index contributed by atoms with van der Waals surface area (Å²) < 4.78 is 25.2. The number of urea groups is 1. The lowest BCUT2D eigenvalue weighted by Gasteiger charge is -2.09. The smallest absolute Gasteiger partial charge is 0.323 e. The molecule has 0 radical (unpaired) electrons. The zero-order chi connectivity index (χ0) is 15.5. The maximum atomic E-state index is 12.6. The molecule has 3 N–H and O–H groups in total. The minimum Gasteiger partial charge on any atom is -0.361 e. The molecule has 2 amide bonds. The fourth-order valence-electron chi connectivity index (χ4n) is 2.18. The Balaban J connectivity index is 1.70. The molecule has 0 aliphatic carbocycles. The molecule has 3 rings (SSSR count). The topological polar surface area (TPSA) is 56.9 Å². The molecule has 3 aromatic rings. The van der Waals surface area contributed by atoms with Crippen molar-refractivity contribution in [2.45, 2.75) is 6.43 Å². The Hall–Kier alpha value is -2.89. The van der Waals surface area contributed by atoms with Crippen LogP contribution in [0.5, 0.6) is 0 Å². The Morgan fingerprint density at radius 3 is 2.55 bits per heavy atom. The number of alkyl halides is 2. The highest BCUT2D eigenvalue weighted by Crippen LogP contribution is 2.22. The van der Waals surface area contributed by atoms with Crippen molar-refractivity contribution in [3.05, 3.63) is 60.3 Å². The number of aromatic nitrogens is 1. The number of H-pyrrole nitrogens is 1. The van der Waals surface area contributed by atoms with Crippen LogP contribution in [0.15, 0.2) is 54.7 Å². The lowest BCUT2D eigenvalue weighted by atomic mass is 10.2. The van der Waals surface area contributed by atoms with E-state index in [1.165, 1.54) is 18.2 Å². The van der Waals surface area contributed by atoms with Crippen LogP contribution in [0.2, 0.25) is 0 Å². The van der Waals surface area contributed by atoms with E-state index in [2.05, 4.69) is 15.6 Å². The van der Waals surface area contributed by atoms with Crippen LogP contribution < -0.4 is 10.6 Å². The van der Waals surface area contributed by atoms with E-state index in [4.69, 9.17) is 0 Å². The number of hydrogen-bond donors (Lipinski definition) is 3. The lowest BCUT2D eigenvalue weighted by Crippen LogP contribution is -2.19. The Kier molecular flexibility index (Phi) is 3.74. The zero-order valence-electron chi connectivity index (χ0n) is 11.4. The van der Waals surface area contributed by atoms with Gasteiger partial charge in [-0.2, -0.15) is 0 Å². The summed E-state index contributed by atoms with van der Waals surface area (Å²) in [6, 6.07) is 12.4. The highest BCUT2D eigenvalue weighted by Gasteiger charge is 2.09. The fraction of sp³-hybridized carbons (Fsp3) is 0.0625. The van der Waals surface area contributed by atoms with Crippen molar-refractivity contribution >= 4 is 28.3 Å². The van der Waals surface area contributed by atoms with Gasteiger partial charge in [-0.3, -0.25) is 0 Å². The van der Waals surface area contributed by atoms with E-state index < -0.39 is 12.5 Å². The van der Waals surface area contributed by atoms with Crippen molar-refractivity contribution in [2.24, 2.45) is 0 Å². The number of nitrogens with one attached hydrogen (secondary N) is 3. The number of amides is 2. The molecule has 0 saturated carbocycles. The second-order valence-corrected chi connectivity index (χ2v) is 4.78. The summed E-state index contributed by atoms with van der Waals surface area (Å²) in [5, 5.41) is 6.18. The second kappa shape index (κ2) is 5.85. The molecule has 112 valence electrons. The molecule has 4 nitrogen and oxygen atoms in total. The number of hydrogen-bond acceptors (Lipinski definition) is 1. The van der Waals surface area contributed by atoms with Gasteiger partial charge < -0.3 is 15.6 Å². The van der Waals surface area contributed by atoms with Gasteiger partial charge >= 0.3 is 6.03 Å². The van der Waals surface area contributed by atoms with Crippen LogP contribution in [-0.4, -0.2) is 11.0 Å². The molecule has 0 unspecified atom stereocenters. The first-order valence-corrected chi connectivity index (χ1v) is 6.65. The SMILES string of the molecule is O=C(Nc1cccc(C(F)F)c1)Nc1ccc2[nH]ccc2c1. The van der Waals surface area contributed by atoms with Crippen molar-refractivity contribution < 1.29 is 13.6 Å². The van der Waals surface area contributed by atoms with E-state index in [1.807, 2.05) is 24.4 Å². The third kappa shape index (κ3) is 3.06. The normalized spacial score (nSPS) is 10.9. The molecular weight excluding hydrogens is 288 g/mol. The Morgan fingerprint density at radius 2 is 1.77 bits per heavy atom. The minimum atomic E-state index is -2.57. The number of carbonyl (C=O) groups excluding carboxylic acids is 1. The number of anilines is 2. The van der Waals surface area contributed by atoms with Crippen molar-refractivity contribution in [1.29, 1.82) is 0 Å². The predicted molar refractivity (Wildman–Crippen MR) is 82.3 cm³/mol. The van der Waals surface area contributed by atoms with Crippen LogP contribution >= 0.6 is 0 Å². The molecular formula is C16H13F2N3O. The van der Waals surface area contributed by atoms with Gasteiger partial charge in [0, 0.05) is 34.0 Å². The van der Waals surface area contributed by atoms with Gasteiger partial charge in [0.1, 0.15) is 0 Å². The van der Waals surface area contributed by atoms with Crippen molar-refractivity contribution in [3.63, 3.8) is 0 Å². The minimum absolute atomic E-state index is 0.133. The van der Waals surface area contributed by atoms with Gasteiger partial charge in [0.2, 0.25) is 0 Å². The molecule has 2 aromatic carbocycles. The highest BCUT2D eigenvalue weighted by atomic mass is 19.3. The first-order chi connectivity index (χ1) is 10.6. The van der Waals surface area contributed by atoms with E-state index in [1.54, 1.807) is 12.1 Å². The molecule has 0 saturated heterocycles. The van der Waals surface area contributed by atoms with E-state index in [9.17, 15) is 13.6 Å². The second-order valence-electron chi connectivity index (χ2n) is 4.78. The Labute approximate surface area is 125 Å². The molecule has 1 heterocycles. The first-order valence-electron chi connectivity index (χ1n) is 6.65. The fourth-order valence-corrected chi connectivity index (χ4v) is 2.18. The number of rotatable bonds is 3. The van der Waals surface area contributed by atoms with Crippen molar-refractivity contribution in [2.75, 3.05) is 10.6 Å². The lowest BCUT2D eigenvalue weighted by molar-refractivity contribution is 0.151. The number of benzene rings is 2. The molecule has 22 heavy (non-hydrogen) atoms. The summed E-state index contributed by atoms with van der Waals surface area (Å²) in [5.41, 5.74) is 1.77. The number of fused-ring (bicyclic) bond motifs is 1. The first kappa shape index (κ1) is 14.1. The molecule has 0 bridgehead atoms. The molecule has 0 spiro atoms. The van der Waals surface area contributed by atoms with Crippen LogP contribution in [0.3, 0.4) is 0 Å². The van der Waals surface area contributed by atoms with Gasteiger partial charge in [-0.25, -0.2) is 13.6 Å². The van der Waals surface area contributed by atoms with Crippen molar-refractivity contribution in [3.8, 4) is 0 Å². The van der Waals surface area contributed by atoms with Crippen LogP contribution in [0.1, 0.15) is 12.0 Å². The van der Waals surface area contributed by atoms with Gasteiger partial charge in [-0.15, -0.1) is 0 Å². The molecule has 0 aliphatic heterocycles. The average Bonchev–Trinajstić information content (AvgIpc) is 2.95. The van der Waals surface area contributed by atoms with Crippen LogP contribution in [0.25, 0.3) is 10.9 Å². The van der Waals surface area contributed by atoms with E-state index in [-0.39, 0.29) is 5.56 Å². The maximum Gasteiger partial charge on any atom is 0.323 e. The summed E-state index contributed by atoms with van der Waals surface area (Å²) in [6.45, 7) is 0. The third-order valence-corrected chi connectivity index (χ3v) is 3.21. The Morgan fingerprint density at radius 1 is 1.00 bits per heavy atom. The van der Waals surface area contributed by atoms with E-state index >= 15 is 0 Å². The van der Waals surface area contributed by atoms with Crippen LogP contribution in [0.4, 0.5) is 25.0 Å². The summed E-state index contributed by atoms with van der Waals surface area (Å²) in [6.07, 6.45) is -0.759. The predicted octanol–water partition coefficient (Wildman–Crippen LogP) is 4.75.